The molecule has 0 saturated carbocycles. The monoisotopic (exact) mass is 199 g/mol. The first-order valence-corrected chi connectivity index (χ1v) is 5.83. The van der Waals surface area contributed by atoms with Gasteiger partial charge < -0.3 is 15.5 Å². The molecule has 0 aromatic carbocycles. The second-order valence-electron chi connectivity index (χ2n) is 4.53. The van der Waals surface area contributed by atoms with E-state index in [2.05, 4.69) is 23.9 Å². The van der Waals surface area contributed by atoms with Crippen molar-refractivity contribution in [1.82, 2.24) is 9.80 Å². The number of hydrogen-bond donors (Lipinski definition) is 1. The molecule has 0 spiro atoms. The predicted octanol–water partition coefficient (Wildman–Crippen LogP) is 0.751. The number of hydrogen-bond acceptors (Lipinski definition) is 3. The predicted molar refractivity (Wildman–Crippen MR) is 61.4 cm³/mol. The summed E-state index contributed by atoms with van der Waals surface area (Å²) in [7, 11) is 4.47. The van der Waals surface area contributed by atoms with Crippen molar-refractivity contribution in [2.24, 2.45) is 5.73 Å². The highest BCUT2D eigenvalue weighted by atomic mass is 15.2. The summed E-state index contributed by atoms with van der Waals surface area (Å²) in [6, 6.07) is 0.770. The summed E-state index contributed by atoms with van der Waals surface area (Å²) in [5.74, 6) is 0. The van der Waals surface area contributed by atoms with E-state index >= 15 is 0 Å². The summed E-state index contributed by atoms with van der Waals surface area (Å²) in [5, 5.41) is 0. The van der Waals surface area contributed by atoms with Gasteiger partial charge >= 0.3 is 0 Å². The molecule has 0 bridgehead atoms. The summed E-state index contributed by atoms with van der Waals surface area (Å²) >= 11 is 0. The van der Waals surface area contributed by atoms with Gasteiger partial charge in [0.2, 0.25) is 0 Å². The summed E-state index contributed by atoms with van der Waals surface area (Å²) in [6.07, 6.45) is 5.12. The molecule has 84 valence electrons. The SMILES string of the molecule is CN1CCCC(N(C)CCCCN)C1. The average Bonchev–Trinajstić information content (AvgIpc) is 2.18. The Bertz CT molecular complexity index is 149. The van der Waals surface area contributed by atoms with Gasteiger partial charge in [-0.2, -0.15) is 0 Å². The molecule has 1 aliphatic rings. The van der Waals surface area contributed by atoms with E-state index in [9.17, 15) is 0 Å². The highest BCUT2D eigenvalue weighted by Gasteiger charge is 2.20. The minimum atomic E-state index is 0.770. The van der Waals surface area contributed by atoms with Crippen LogP contribution in [0, 0.1) is 0 Å². The zero-order valence-corrected chi connectivity index (χ0v) is 9.71. The van der Waals surface area contributed by atoms with Crippen LogP contribution in [0.5, 0.6) is 0 Å². The molecule has 0 amide bonds. The summed E-state index contributed by atoms with van der Waals surface area (Å²) < 4.78 is 0. The lowest BCUT2D eigenvalue weighted by Crippen LogP contribution is -2.45. The maximum atomic E-state index is 5.49. The van der Waals surface area contributed by atoms with Crippen molar-refractivity contribution in [2.75, 3.05) is 40.3 Å². The summed E-state index contributed by atoms with van der Waals surface area (Å²) in [4.78, 5) is 4.94. The second-order valence-corrected chi connectivity index (χ2v) is 4.53. The lowest BCUT2D eigenvalue weighted by atomic mass is 10.0. The standard InChI is InChI=1S/C11H25N3/c1-13-8-5-6-11(10-13)14(2)9-4-3-7-12/h11H,3-10,12H2,1-2H3. The molecule has 1 aliphatic heterocycles. The maximum Gasteiger partial charge on any atom is 0.0220 e. The average molecular weight is 199 g/mol. The van der Waals surface area contributed by atoms with E-state index in [4.69, 9.17) is 5.73 Å². The summed E-state index contributed by atoms with van der Waals surface area (Å²) in [5.41, 5.74) is 5.49. The zero-order valence-electron chi connectivity index (χ0n) is 9.71. The van der Waals surface area contributed by atoms with Crippen LogP contribution in [0.15, 0.2) is 0 Å². The molecule has 1 heterocycles. The maximum absolute atomic E-state index is 5.49. The Morgan fingerprint density at radius 1 is 1.43 bits per heavy atom. The molecule has 14 heavy (non-hydrogen) atoms. The highest BCUT2D eigenvalue weighted by molar-refractivity contribution is 4.77. The van der Waals surface area contributed by atoms with Crippen LogP contribution in [0.2, 0.25) is 0 Å². The van der Waals surface area contributed by atoms with Crippen LogP contribution in [0.25, 0.3) is 0 Å². The van der Waals surface area contributed by atoms with Gasteiger partial charge in [0.05, 0.1) is 0 Å². The van der Waals surface area contributed by atoms with Crippen LogP contribution in [0.1, 0.15) is 25.7 Å². The van der Waals surface area contributed by atoms with E-state index in [1.54, 1.807) is 0 Å². The third kappa shape index (κ3) is 3.95. The first-order chi connectivity index (χ1) is 6.74. The number of likely N-dealkylation sites (N-methyl/N-ethyl adjacent to an activating group) is 2. The molecular weight excluding hydrogens is 174 g/mol. The van der Waals surface area contributed by atoms with E-state index in [1.807, 2.05) is 0 Å². The minimum absolute atomic E-state index is 0.770. The quantitative estimate of drug-likeness (QED) is 0.663. The van der Waals surface area contributed by atoms with E-state index in [-0.39, 0.29) is 0 Å². The van der Waals surface area contributed by atoms with E-state index in [1.165, 1.54) is 38.9 Å². The van der Waals surface area contributed by atoms with Gasteiger partial charge in [0.25, 0.3) is 0 Å². The van der Waals surface area contributed by atoms with E-state index in [0.29, 0.717) is 0 Å². The highest BCUT2D eigenvalue weighted by Crippen LogP contribution is 2.13. The number of nitrogens with zero attached hydrogens (tertiary/aromatic N) is 2. The van der Waals surface area contributed by atoms with E-state index in [0.717, 1.165) is 19.0 Å². The molecule has 0 radical (unpaired) electrons. The fourth-order valence-electron chi connectivity index (χ4n) is 2.19. The number of piperidine rings is 1. The second kappa shape index (κ2) is 6.38. The molecule has 1 atom stereocenters. The van der Waals surface area contributed by atoms with Crippen molar-refractivity contribution in [3.8, 4) is 0 Å². The Morgan fingerprint density at radius 2 is 2.21 bits per heavy atom. The van der Waals surface area contributed by atoms with Crippen molar-refractivity contribution in [3.05, 3.63) is 0 Å². The van der Waals surface area contributed by atoms with Crippen LogP contribution in [-0.4, -0.2) is 56.1 Å². The van der Waals surface area contributed by atoms with Gasteiger partial charge in [-0.1, -0.05) is 0 Å². The third-order valence-corrected chi connectivity index (χ3v) is 3.19. The van der Waals surface area contributed by atoms with Crippen molar-refractivity contribution in [3.63, 3.8) is 0 Å². The Hall–Kier alpha value is -0.120. The molecule has 1 saturated heterocycles. The third-order valence-electron chi connectivity index (χ3n) is 3.19. The number of unbranched alkanes of at least 4 members (excludes halogenated alkanes) is 1. The lowest BCUT2D eigenvalue weighted by molar-refractivity contribution is 0.133. The van der Waals surface area contributed by atoms with Gasteiger partial charge in [-0.15, -0.1) is 0 Å². The Labute approximate surface area is 88.2 Å². The number of likely N-dealkylation sites (tertiary alicyclic amines) is 1. The Kier molecular flexibility index (Phi) is 5.45. The number of rotatable bonds is 5. The fraction of sp³-hybridized carbons (Fsp3) is 1.00. The molecule has 1 rings (SSSR count). The van der Waals surface area contributed by atoms with Crippen molar-refractivity contribution >= 4 is 0 Å². The molecular formula is C11H25N3. The lowest BCUT2D eigenvalue weighted by Gasteiger charge is -2.35. The minimum Gasteiger partial charge on any atom is -0.330 e. The molecule has 3 heteroatoms. The first kappa shape index (κ1) is 12.0. The normalized spacial score (nSPS) is 24.4. The van der Waals surface area contributed by atoms with Gasteiger partial charge in [-0.25, -0.2) is 0 Å². The van der Waals surface area contributed by atoms with Crippen LogP contribution in [0.3, 0.4) is 0 Å². The van der Waals surface area contributed by atoms with Crippen molar-refractivity contribution in [2.45, 2.75) is 31.7 Å². The van der Waals surface area contributed by atoms with Crippen LogP contribution >= 0.6 is 0 Å². The zero-order chi connectivity index (χ0) is 10.4. The molecule has 0 aliphatic carbocycles. The Balaban J connectivity index is 2.18. The van der Waals surface area contributed by atoms with Gasteiger partial charge in [0.15, 0.2) is 0 Å². The number of nitrogens with two attached hydrogens (primary N) is 1. The summed E-state index contributed by atoms with van der Waals surface area (Å²) in [6.45, 7) is 4.54. The molecule has 0 aromatic rings. The van der Waals surface area contributed by atoms with Crippen LogP contribution in [-0.2, 0) is 0 Å². The first-order valence-electron chi connectivity index (χ1n) is 5.83. The molecule has 1 fully saturated rings. The molecule has 1 unspecified atom stereocenters. The van der Waals surface area contributed by atoms with Crippen molar-refractivity contribution < 1.29 is 0 Å². The fourth-order valence-corrected chi connectivity index (χ4v) is 2.19. The van der Waals surface area contributed by atoms with Crippen LogP contribution < -0.4 is 5.73 Å². The van der Waals surface area contributed by atoms with Crippen molar-refractivity contribution in [1.29, 1.82) is 0 Å². The van der Waals surface area contributed by atoms with E-state index < -0.39 is 0 Å². The Morgan fingerprint density at radius 3 is 2.86 bits per heavy atom. The van der Waals surface area contributed by atoms with Crippen LogP contribution in [0.4, 0.5) is 0 Å². The smallest absolute Gasteiger partial charge is 0.0220 e. The van der Waals surface area contributed by atoms with Gasteiger partial charge in [0, 0.05) is 12.6 Å². The van der Waals surface area contributed by atoms with Gasteiger partial charge in [0.1, 0.15) is 0 Å². The van der Waals surface area contributed by atoms with Gasteiger partial charge in [-0.3, -0.25) is 0 Å². The topological polar surface area (TPSA) is 32.5 Å². The molecule has 2 N–H and O–H groups in total. The largest absolute Gasteiger partial charge is 0.330 e. The molecule has 3 nitrogen and oxygen atoms in total. The van der Waals surface area contributed by atoms with Gasteiger partial charge in [-0.05, 0) is 59.4 Å². The molecule has 0 aromatic heterocycles.